The summed E-state index contributed by atoms with van der Waals surface area (Å²) in [4.78, 5) is 63.0. The summed E-state index contributed by atoms with van der Waals surface area (Å²) in [7, 11) is 0. The minimum Gasteiger partial charge on any atom is -0.481 e. The Bertz CT molecular complexity index is 325. The first-order chi connectivity index (χ1) is 12.1. The summed E-state index contributed by atoms with van der Waals surface area (Å²) in [6, 6.07) is 0. The van der Waals surface area contributed by atoms with E-state index in [0.717, 1.165) is 48.5 Å². The Labute approximate surface area is 241 Å². The van der Waals surface area contributed by atoms with E-state index in [1.54, 1.807) is 0 Å². The molecule has 0 fully saturated rings. The zero-order valence-corrected chi connectivity index (χ0v) is 26.7. The molecule has 21 heteroatoms. The maximum atomic E-state index is 9.00. The number of carboxylic acids is 7. The minimum absolute atomic E-state index is 0. The van der Waals surface area contributed by atoms with Gasteiger partial charge in [-0.05, 0) is 0 Å². The topological polar surface area (TPSA) is 387 Å². The van der Waals surface area contributed by atoms with Gasteiger partial charge < -0.3 is 57.7 Å². The molecule has 0 aliphatic carbocycles. The Morgan fingerprint density at radius 2 is 0.286 bits per heavy atom. The molecule has 0 atom stereocenters. The van der Waals surface area contributed by atoms with Crippen LogP contribution in [0.1, 0.15) is 48.5 Å². The van der Waals surface area contributed by atoms with Crippen molar-refractivity contribution in [3.05, 3.63) is 0 Å². The van der Waals surface area contributed by atoms with E-state index in [1.165, 1.54) is 0 Å². The van der Waals surface area contributed by atoms with E-state index in [2.05, 4.69) is 0 Å². The molecule has 0 saturated heterocycles. The predicted octanol–water partition coefficient (Wildman–Crippen LogP) is -2.67. The van der Waals surface area contributed by atoms with E-state index < -0.39 is 41.8 Å². The molecule has 0 aromatic carbocycles. The summed E-state index contributed by atoms with van der Waals surface area (Å²) in [6.45, 7) is 7.58. The average Bonchev–Trinajstić information content (AvgIpc) is 2.20. The summed E-state index contributed by atoms with van der Waals surface area (Å²) in [5.41, 5.74) is 0. The molecule has 15 N–H and O–H groups in total. The van der Waals surface area contributed by atoms with E-state index in [-0.39, 0.29) is 82.2 Å². The number of hydrogen-bond donors (Lipinski definition) is 7. The molecular formula is C14H36Ir3O18. The monoisotopic (exact) mass is 1070 g/mol. The van der Waals surface area contributed by atoms with Gasteiger partial charge in [-0.2, -0.15) is 0 Å². The molecule has 35 heavy (non-hydrogen) atoms. The molecule has 227 valence electrons. The van der Waals surface area contributed by atoms with Gasteiger partial charge in [0.25, 0.3) is 41.8 Å². The van der Waals surface area contributed by atoms with Gasteiger partial charge in [0.1, 0.15) is 0 Å². The second-order valence-electron chi connectivity index (χ2n) is 3.63. The van der Waals surface area contributed by atoms with Crippen LogP contribution in [-0.2, 0) is 93.9 Å². The smallest absolute Gasteiger partial charge is 0.300 e. The number of aliphatic carboxylic acids is 7. The van der Waals surface area contributed by atoms with Crippen LogP contribution < -0.4 is 0 Å². The molecule has 0 spiro atoms. The van der Waals surface area contributed by atoms with Gasteiger partial charge in [-0.3, -0.25) is 33.6 Å². The molecule has 0 bridgehead atoms. The van der Waals surface area contributed by atoms with E-state index in [0.29, 0.717) is 0 Å². The zero-order valence-electron chi connectivity index (χ0n) is 19.5. The first kappa shape index (κ1) is 93.5. The molecule has 0 saturated carbocycles. The fourth-order valence-electron chi connectivity index (χ4n) is 0. The molecule has 0 aliphatic rings. The third-order valence-corrected chi connectivity index (χ3v) is 0. The second-order valence-corrected chi connectivity index (χ2v) is 3.63. The molecule has 0 unspecified atom stereocenters. The van der Waals surface area contributed by atoms with Crippen molar-refractivity contribution in [2.24, 2.45) is 0 Å². The van der Waals surface area contributed by atoms with Gasteiger partial charge >= 0.3 is 0 Å². The average molecular weight is 1070 g/mol. The summed E-state index contributed by atoms with van der Waals surface area (Å²) >= 11 is 0. The van der Waals surface area contributed by atoms with Crippen LogP contribution in [0.3, 0.4) is 0 Å². The standard InChI is InChI=1S/7C2H4O2.3Ir.4H2O/c7*1-2(3)4;;;;;;;/h7*1H3,(H,3,4);;;;4*1H2. The Morgan fingerprint density at radius 3 is 0.286 bits per heavy atom. The van der Waals surface area contributed by atoms with Crippen LogP contribution in [-0.4, -0.2) is 99.4 Å². The van der Waals surface area contributed by atoms with E-state index in [9.17, 15) is 0 Å². The molecule has 0 heterocycles. The summed E-state index contributed by atoms with van der Waals surface area (Å²) < 4.78 is 0. The maximum absolute atomic E-state index is 9.00. The first-order valence-corrected chi connectivity index (χ1v) is 6.49. The molecule has 3 radical (unpaired) electrons. The molecule has 0 aromatic rings. The van der Waals surface area contributed by atoms with Crippen LogP contribution in [0.2, 0.25) is 0 Å². The Hall–Kier alpha value is -1.92. The van der Waals surface area contributed by atoms with Crippen LogP contribution in [0.25, 0.3) is 0 Å². The van der Waals surface area contributed by atoms with Crippen molar-refractivity contribution >= 4 is 41.8 Å². The second kappa shape index (κ2) is 85.1. The van der Waals surface area contributed by atoms with E-state index >= 15 is 0 Å². The number of rotatable bonds is 0. The largest absolute Gasteiger partial charge is 0.481 e. The Balaban J connectivity index is -0.0000000119. The SMILES string of the molecule is CC(=O)O.CC(=O)O.CC(=O)O.CC(=O)O.CC(=O)O.CC(=O)O.CC(=O)O.O.O.O.O.[Ir].[Ir].[Ir]. The van der Waals surface area contributed by atoms with Crippen molar-refractivity contribution in [3.63, 3.8) is 0 Å². The van der Waals surface area contributed by atoms with Crippen LogP contribution in [0.4, 0.5) is 0 Å². The predicted molar refractivity (Wildman–Crippen MR) is 108 cm³/mol. The zero-order chi connectivity index (χ0) is 25.0. The van der Waals surface area contributed by atoms with Crippen LogP contribution in [0.15, 0.2) is 0 Å². The Kier molecular flexibility index (Phi) is 227. The first-order valence-electron chi connectivity index (χ1n) is 6.49. The van der Waals surface area contributed by atoms with Gasteiger partial charge in [0.15, 0.2) is 0 Å². The molecule has 18 nitrogen and oxygen atoms in total. The third kappa shape index (κ3) is 7860. The van der Waals surface area contributed by atoms with Crippen molar-refractivity contribution in [1.29, 1.82) is 0 Å². The Morgan fingerprint density at radius 1 is 0.286 bits per heavy atom. The summed E-state index contributed by atoms with van der Waals surface area (Å²) in [5.74, 6) is -5.83. The molecule has 0 aromatic heterocycles. The van der Waals surface area contributed by atoms with Gasteiger partial charge in [0.05, 0.1) is 0 Å². The number of carbonyl (C=O) groups is 7. The van der Waals surface area contributed by atoms with Crippen molar-refractivity contribution in [2.75, 3.05) is 0 Å². The van der Waals surface area contributed by atoms with Gasteiger partial charge in [0.2, 0.25) is 0 Å². The quantitative estimate of drug-likeness (QED) is 0.130. The molecule has 0 aliphatic heterocycles. The third-order valence-electron chi connectivity index (χ3n) is 0. The van der Waals surface area contributed by atoms with Gasteiger partial charge in [-0.1, -0.05) is 0 Å². The fourth-order valence-corrected chi connectivity index (χ4v) is 0. The van der Waals surface area contributed by atoms with Gasteiger partial charge in [0, 0.05) is 109 Å². The number of carboxylic acid groups (broad SMARTS) is 7. The fraction of sp³-hybridized carbons (Fsp3) is 0.500. The van der Waals surface area contributed by atoms with Crippen molar-refractivity contribution < 1.29 is 152 Å². The number of hydrogen-bond acceptors (Lipinski definition) is 7. The van der Waals surface area contributed by atoms with Crippen LogP contribution >= 0.6 is 0 Å². The van der Waals surface area contributed by atoms with E-state index in [1.807, 2.05) is 0 Å². The van der Waals surface area contributed by atoms with Crippen molar-refractivity contribution in [3.8, 4) is 0 Å². The molecule has 0 rings (SSSR count). The van der Waals surface area contributed by atoms with Crippen LogP contribution in [0, 0.1) is 0 Å². The summed E-state index contributed by atoms with van der Waals surface area (Å²) in [5, 5.41) is 51.9. The minimum atomic E-state index is -0.833. The van der Waals surface area contributed by atoms with Gasteiger partial charge in [-0.25, -0.2) is 0 Å². The van der Waals surface area contributed by atoms with Crippen molar-refractivity contribution in [2.45, 2.75) is 48.5 Å². The van der Waals surface area contributed by atoms with Crippen molar-refractivity contribution in [1.82, 2.24) is 0 Å². The molecular weight excluding hydrogens is 1030 g/mol. The molecule has 0 amide bonds. The van der Waals surface area contributed by atoms with Gasteiger partial charge in [-0.15, -0.1) is 0 Å². The van der Waals surface area contributed by atoms with Crippen LogP contribution in [0.5, 0.6) is 0 Å². The maximum Gasteiger partial charge on any atom is 0.300 e. The normalized spacial score (nSPS) is 5.00. The summed E-state index contributed by atoms with van der Waals surface area (Å²) in [6.07, 6.45) is 0. The van der Waals surface area contributed by atoms with E-state index in [4.69, 9.17) is 69.3 Å².